The van der Waals surface area contributed by atoms with Gasteiger partial charge in [0, 0.05) is 35.9 Å². The van der Waals surface area contributed by atoms with Crippen molar-refractivity contribution in [1.82, 2.24) is 15.0 Å². The number of hydrogen-bond donors (Lipinski definition) is 2. The number of imidazole rings is 1. The Balaban J connectivity index is 2.27. The molecule has 0 bridgehead atoms. The topological polar surface area (TPSA) is 55.9 Å². The number of nitrogens with zero attached hydrogens (tertiary/aromatic N) is 2. The lowest BCUT2D eigenvalue weighted by Crippen LogP contribution is -2.32. The number of hydrazine groups is 1. The largest absolute Gasteiger partial charge is 0.334 e. The average Bonchev–Trinajstić information content (AvgIpc) is 2.87. The highest BCUT2D eigenvalue weighted by atomic mass is 35.5. The summed E-state index contributed by atoms with van der Waals surface area (Å²) in [6.45, 7) is 2.93. The highest BCUT2D eigenvalue weighted by molar-refractivity contribution is 6.31. The summed E-state index contributed by atoms with van der Waals surface area (Å²) < 4.78 is 15.9. The van der Waals surface area contributed by atoms with E-state index in [1.165, 1.54) is 6.07 Å². The Morgan fingerprint density at radius 2 is 2.30 bits per heavy atom. The predicted octanol–water partition coefficient (Wildman–Crippen LogP) is 2.83. The third-order valence-electron chi connectivity index (χ3n) is 3.19. The van der Waals surface area contributed by atoms with Crippen LogP contribution >= 0.6 is 11.6 Å². The Hall–Kier alpha value is -1.43. The van der Waals surface area contributed by atoms with E-state index in [9.17, 15) is 4.39 Å². The SMILES string of the molecule is CCCn1ccnc1C(Cc1c(F)cccc1Cl)NN. The summed E-state index contributed by atoms with van der Waals surface area (Å²) in [7, 11) is 0. The predicted molar refractivity (Wildman–Crippen MR) is 77.7 cm³/mol. The minimum atomic E-state index is -0.327. The number of benzene rings is 1. The summed E-state index contributed by atoms with van der Waals surface area (Å²) in [6, 6.07) is 4.37. The molecule has 1 atom stereocenters. The molecular formula is C14H18ClFN4. The smallest absolute Gasteiger partial charge is 0.127 e. The highest BCUT2D eigenvalue weighted by Crippen LogP contribution is 2.25. The third kappa shape index (κ3) is 3.17. The molecule has 108 valence electrons. The Morgan fingerprint density at radius 1 is 1.50 bits per heavy atom. The van der Waals surface area contributed by atoms with Gasteiger partial charge >= 0.3 is 0 Å². The Labute approximate surface area is 122 Å². The molecule has 6 heteroatoms. The van der Waals surface area contributed by atoms with Gasteiger partial charge in [0.25, 0.3) is 0 Å². The van der Waals surface area contributed by atoms with Crippen molar-refractivity contribution in [3.05, 3.63) is 52.8 Å². The number of aryl methyl sites for hydroxylation is 1. The van der Waals surface area contributed by atoms with Gasteiger partial charge in [-0.3, -0.25) is 5.84 Å². The summed E-state index contributed by atoms with van der Waals surface area (Å²) in [4.78, 5) is 4.32. The molecule has 2 aromatic rings. The number of nitrogens with two attached hydrogens (primary N) is 1. The fourth-order valence-corrected chi connectivity index (χ4v) is 2.46. The van der Waals surface area contributed by atoms with E-state index in [2.05, 4.69) is 17.3 Å². The molecule has 0 radical (unpaired) electrons. The van der Waals surface area contributed by atoms with Crippen LogP contribution in [0, 0.1) is 5.82 Å². The molecule has 0 fully saturated rings. The highest BCUT2D eigenvalue weighted by Gasteiger charge is 2.19. The molecule has 20 heavy (non-hydrogen) atoms. The van der Waals surface area contributed by atoms with Crippen molar-refractivity contribution >= 4 is 11.6 Å². The van der Waals surface area contributed by atoms with E-state index >= 15 is 0 Å². The summed E-state index contributed by atoms with van der Waals surface area (Å²) in [6.07, 6.45) is 4.95. The normalized spacial score (nSPS) is 12.6. The van der Waals surface area contributed by atoms with Crippen LogP contribution in [0.1, 0.15) is 30.8 Å². The van der Waals surface area contributed by atoms with Gasteiger partial charge in [-0.15, -0.1) is 0 Å². The Bertz CT molecular complexity index is 550. The summed E-state index contributed by atoms with van der Waals surface area (Å²) in [5, 5.41) is 0.402. The van der Waals surface area contributed by atoms with E-state index in [0.717, 1.165) is 18.8 Å². The molecule has 0 spiro atoms. The second-order valence-electron chi connectivity index (χ2n) is 4.60. The molecule has 4 nitrogen and oxygen atoms in total. The van der Waals surface area contributed by atoms with Gasteiger partial charge in [0.15, 0.2) is 0 Å². The van der Waals surface area contributed by atoms with Crippen molar-refractivity contribution in [2.45, 2.75) is 32.4 Å². The van der Waals surface area contributed by atoms with Crippen LogP contribution in [0.4, 0.5) is 4.39 Å². The number of halogens is 2. The minimum Gasteiger partial charge on any atom is -0.334 e. The zero-order chi connectivity index (χ0) is 14.5. The second kappa shape index (κ2) is 6.83. The van der Waals surface area contributed by atoms with Crippen LogP contribution < -0.4 is 11.3 Å². The fraction of sp³-hybridized carbons (Fsp3) is 0.357. The van der Waals surface area contributed by atoms with Crippen LogP contribution in [0.5, 0.6) is 0 Å². The molecule has 1 aromatic carbocycles. The monoisotopic (exact) mass is 296 g/mol. The maximum Gasteiger partial charge on any atom is 0.127 e. The van der Waals surface area contributed by atoms with Gasteiger partial charge in [-0.05, 0) is 18.6 Å². The molecule has 2 rings (SSSR count). The summed E-state index contributed by atoms with van der Waals surface area (Å²) in [5.41, 5.74) is 3.14. The van der Waals surface area contributed by atoms with Crippen LogP contribution in [0.15, 0.2) is 30.6 Å². The Kier molecular flexibility index (Phi) is 5.11. The number of aromatic nitrogens is 2. The van der Waals surface area contributed by atoms with Crippen molar-refractivity contribution in [2.75, 3.05) is 0 Å². The van der Waals surface area contributed by atoms with Crippen LogP contribution in [-0.4, -0.2) is 9.55 Å². The quantitative estimate of drug-likeness (QED) is 0.636. The van der Waals surface area contributed by atoms with Crippen molar-refractivity contribution in [1.29, 1.82) is 0 Å². The van der Waals surface area contributed by atoms with Crippen molar-refractivity contribution in [2.24, 2.45) is 5.84 Å². The third-order valence-corrected chi connectivity index (χ3v) is 3.55. The van der Waals surface area contributed by atoms with E-state index in [4.69, 9.17) is 17.4 Å². The molecule has 0 aliphatic carbocycles. The zero-order valence-electron chi connectivity index (χ0n) is 11.3. The first-order valence-corrected chi connectivity index (χ1v) is 6.95. The summed E-state index contributed by atoms with van der Waals surface area (Å²) >= 11 is 6.06. The molecule has 0 saturated heterocycles. The van der Waals surface area contributed by atoms with Gasteiger partial charge < -0.3 is 4.57 Å². The molecule has 1 unspecified atom stereocenters. The average molecular weight is 297 g/mol. The van der Waals surface area contributed by atoms with Crippen LogP contribution in [0.3, 0.4) is 0 Å². The number of rotatable bonds is 6. The molecule has 0 aliphatic rings. The van der Waals surface area contributed by atoms with Crippen LogP contribution in [0.2, 0.25) is 5.02 Å². The Morgan fingerprint density at radius 3 is 2.95 bits per heavy atom. The molecular weight excluding hydrogens is 279 g/mol. The molecule has 0 aliphatic heterocycles. The van der Waals surface area contributed by atoms with E-state index in [0.29, 0.717) is 17.0 Å². The first kappa shape index (κ1) is 15.0. The zero-order valence-corrected chi connectivity index (χ0v) is 12.1. The molecule has 1 aromatic heterocycles. The number of nitrogens with one attached hydrogen (secondary N) is 1. The molecule has 0 amide bonds. The van der Waals surface area contributed by atoms with Gasteiger partial charge in [0.1, 0.15) is 11.6 Å². The van der Waals surface area contributed by atoms with Gasteiger partial charge in [-0.25, -0.2) is 14.8 Å². The second-order valence-corrected chi connectivity index (χ2v) is 5.01. The fourth-order valence-electron chi connectivity index (χ4n) is 2.22. The van der Waals surface area contributed by atoms with Crippen molar-refractivity contribution < 1.29 is 4.39 Å². The molecule has 0 saturated carbocycles. The molecule has 1 heterocycles. The maximum atomic E-state index is 13.9. The van der Waals surface area contributed by atoms with Gasteiger partial charge in [0.2, 0.25) is 0 Å². The maximum absolute atomic E-state index is 13.9. The van der Waals surface area contributed by atoms with Crippen molar-refractivity contribution in [3.63, 3.8) is 0 Å². The van der Waals surface area contributed by atoms with E-state index in [-0.39, 0.29) is 11.9 Å². The lowest BCUT2D eigenvalue weighted by atomic mass is 10.0. The van der Waals surface area contributed by atoms with Crippen LogP contribution in [0.25, 0.3) is 0 Å². The standard InChI is InChI=1S/C14H18ClFN4/c1-2-7-20-8-6-18-14(20)13(19-17)9-10-11(15)4-3-5-12(10)16/h3-6,8,13,19H,2,7,9,17H2,1H3. The first-order valence-electron chi connectivity index (χ1n) is 6.57. The minimum absolute atomic E-state index is 0.286. The molecule has 3 N–H and O–H groups in total. The summed E-state index contributed by atoms with van der Waals surface area (Å²) in [5.74, 6) is 6.07. The van der Waals surface area contributed by atoms with Crippen LogP contribution in [-0.2, 0) is 13.0 Å². The first-order chi connectivity index (χ1) is 9.67. The van der Waals surface area contributed by atoms with Gasteiger partial charge in [0.05, 0.1) is 6.04 Å². The lowest BCUT2D eigenvalue weighted by Gasteiger charge is -2.18. The van der Waals surface area contributed by atoms with E-state index < -0.39 is 0 Å². The van der Waals surface area contributed by atoms with Gasteiger partial charge in [-0.1, -0.05) is 24.6 Å². The van der Waals surface area contributed by atoms with Gasteiger partial charge in [-0.2, -0.15) is 0 Å². The lowest BCUT2D eigenvalue weighted by molar-refractivity contribution is 0.478. The van der Waals surface area contributed by atoms with Crippen molar-refractivity contribution in [3.8, 4) is 0 Å². The van der Waals surface area contributed by atoms with E-state index in [1.807, 2.05) is 10.8 Å². The number of hydrogen-bond acceptors (Lipinski definition) is 3. The van der Waals surface area contributed by atoms with E-state index in [1.54, 1.807) is 18.3 Å².